The van der Waals surface area contributed by atoms with Gasteiger partial charge in [0.25, 0.3) is 0 Å². The van der Waals surface area contributed by atoms with Gasteiger partial charge in [-0.3, -0.25) is 4.79 Å². The van der Waals surface area contributed by atoms with Crippen LogP contribution in [-0.4, -0.2) is 45.3 Å². The zero-order chi connectivity index (χ0) is 21.7. The molecule has 0 bridgehead atoms. The first-order chi connectivity index (χ1) is 14.1. The molecule has 5 nitrogen and oxygen atoms in total. The summed E-state index contributed by atoms with van der Waals surface area (Å²) < 4.78 is 28.5. The SMILES string of the molecule is CC1(C)[C@@H](c2cnnc(-c3c(F)cccc3F)c2)CC[C@]1(C)C(=O)N1CC[C@@H](O)C1. The highest BCUT2D eigenvalue weighted by atomic mass is 19.1. The quantitative estimate of drug-likeness (QED) is 0.825. The van der Waals surface area contributed by atoms with Gasteiger partial charge in [0, 0.05) is 13.1 Å². The van der Waals surface area contributed by atoms with E-state index in [1.54, 1.807) is 17.2 Å². The molecule has 30 heavy (non-hydrogen) atoms. The fraction of sp³-hybridized carbons (Fsp3) is 0.522. The summed E-state index contributed by atoms with van der Waals surface area (Å²) in [4.78, 5) is 15.1. The molecule has 1 aromatic heterocycles. The molecule has 3 atom stereocenters. The van der Waals surface area contributed by atoms with Gasteiger partial charge < -0.3 is 10.0 Å². The van der Waals surface area contributed by atoms with Gasteiger partial charge in [0.1, 0.15) is 11.6 Å². The molecule has 1 saturated carbocycles. The molecule has 0 unspecified atom stereocenters. The average molecular weight is 415 g/mol. The van der Waals surface area contributed by atoms with Gasteiger partial charge in [-0.15, -0.1) is 0 Å². The lowest BCUT2D eigenvalue weighted by Crippen LogP contribution is -2.48. The van der Waals surface area contributed by atoms with E-state index in [1.165, 1.54) is 18.2 Å². The number of hydrogen-bond donors (Lipinski definition) is 1. The van der Waals surface area contributed by atoms with E-state index in [9.17, 15) is 18.7 Å². The normalized spacial score (nSPS) is 28.1. The lowest BCUT2D eigenvalue weighted by molar-refractivity contribution is -0.146. The van der Waals surface area contributed by atoms with E-state index in [1.807, 2.05) is 6.92 Å². The highest BCUT2D eigenvalue weighted by molar-refractivity contribution is 5.84. The number of aliphatic hydroxyl groups is 1. The summed E-state index contributed by atoms with van der Waals surface area (Å²) in [6.07, 6.45) is 3.24. The average Bonchev–Trinajstić information content (AvgIpc) is 3.23. The number of aromatic nitrogens is 2. The number of halogens is 2. The van der Waals surface area contributed by atoms with E-state index in [4.69, 9.17) is 0 Å². The fourth-order valence-electron chi connectivity index (χ4n) is 5.18. The summed E-state index contributed by atoms with van der Waals surface area (Å²) in [5.74, 6) is -1.31. The Balaban J connectivity index is 1.67. The Labute approximate surface area is 175 Å². The predicted molar refractivity (Wildman–Crippen MR) is 108 cm³/mol. The van der Waals surface area contributed by atoms with Crippen molar-refractivity contribution in [2.24, 2.45) is 10.8 Å². The molecule has 4 rings (SSSR count). The van der Waals surface area contributed by atoms with Gasteiger partial charge in [-0.1, -0.05) is 26.8 Å². The molecule has 1 saturated heterocycles. The van der Waals surface area contributed by atoms with Gasteiger partial charge in [0.05, 0.1) is 29.0 Å². The number of β-amino-alcohol motifs (C(OH)–C–C–N with tert-alkyl or cyclic N) is 1. The second-order valence-electron chi connectivity index (χ2n) is 9.31. The van der Waals surface area contributed by atoms with E-state index in [2.05, 4.69) is 24.0 Å². The summed E-state index contributed by atoms with van der Waals surface area (Å²) in [6.45, 7) is 7.08. The Morgan fingerprint density at radius 3 is 2.53 bits per heavy atom. The van der Waals surface area contributed by atoms with Gasteiger partial charge in [0.2, 0.25) is 5.91 Å². The fourth-order valence-corrected chi connectivity index (χ4v) is 5.18. The van der Waals surface area contributed by atoms with Crippen molar-refractivity contribution in [1.29, 1.82) is 0 Å². The summed E-state index contributed by atoms with van der Waals surface area (Å²) in [6, 6.07) is 5.41. The van der Waals surface area contributed by atoms with Crippen LogP contribution in [0.2, 0.25) is 0 Å². The van der Waals surface area contributed by atoms with Crippen LogP contribution in [0.1, 0.15) is 51.5 Å². The molecule has 1 amide bonds. The first-order valence-corrected chi connectivity index (χ1v) is 10.4. The van der Waals surface area contributed by atoms with Crippen LogP contribution in [0.15, 0.2) is 30.5 Å². The Kier molecular flexibility index (Phi) is 5.12. The second-order valence-corrected chi connectivity index (χ2v) is 9.31. The number of rotatable bonds is 3. The van der Waals surface area contributed by atoms with E-state index < -0.39 is 28.6 Å². The van der Waals surface area contributed by atoms with Crippen molar-refractivity contribution < 1.29 is 18.7 Å². The number of carbonyl (C=O) groups is 1. The van der Waals surface area contributed by atoms with E-state index in [0.29, 0.717) is 25.9 Å². The minimum Gasteiger partial charge on any atom is -0.391 e. The van der Waals surface area contributed by atoms with E-state index in [0.717, 1.165) is 12.0 Å². The minimum atomic E-state index is -0.681. The molecule has 2 heterocycles. The van der Waals surface area contributed by atoms with Crippen LogP contribution < -0.4 is 0 Å². The third-order valence-corrected chi connectivity index (χ3v) is 7.45. The van der Waals surface area contributed by atoms with Crippen molar-refractivity contribution in [3.8, 4) is 11.3 Å². The molecule has 0 radical (unpaired) electrons. The Morgan fingerprint density at radius 2 is 1.90 bits per heavy atom. The standard InChI is InChI=1S/C23H27F2N3O2/c1-22(2)16(7-9-23(22,3)21(30)28-10-8-15(29)13-28)14-11-19(27-26-12-14)20-17(24)5-4-6-18(20)25/h4-6,11-12,15-16,29H,7-10,13H2,1-3H3/t15-,16-,23-/m1/s1. The molecule has 1 aromatic carbocycles. The number of hydrogen-bond acceptors (Lipinski definition) is 4. The molecule has 2 aromatic rings. The topological polar surface area (TPSA) is 66.3 Å². The summed E-state index contributed by atoms with van der Waals surface area (Å²) in [5.41, 5.74) is -0.222. The number of carbonyl (C=O) groups excluding carboxylic acids is 1. The number of aliphatic hydroxyl groups excluding tert-OH is 1. The van der Waals surface area contributed by atoms with Gasteiger partial charge in [-0.2, -0.15) is 10.2 Å². The van der Waals surface area contributed by atoms with Crippen LogP contribution in [0, 0.1) is 22.5 Å². The molecule has 7 heteroatoms. The number of benzene rings is 1. The summed E-state index contributed by atoms with van der Waals surface area (Å²) in [7, 11) is 0. The highest BCUT2D eigenvalue weighted by Gasteiger charge is 2.57. The van der Waals surface area contributed by atoms with Crippen molar-refractivity contribution >= 4 is 5.91 Å². The zero-order valence-corrected chi connectivity index (χ0v) is 17.5. The Hall–Kier alpha value is -2.41. The van der Waals surface area contributed by atoms with Gasteiger partial charge in [-0.05, 0) is 54.4 Å². The van der Waals surface area contributed by atoms with Crippen LogP contribution in [0.3, 0.4) is 0 Å². The van der Waals surface area contributed by atoms with Crippen LogP contribution >= 0.6 is 0 Å². The summed E-state index contributed by atoms with van der Waals surface area (Å²) in [5, 5.41) is 17.8. The molecule has 1 N–H and O–H groups in total. The lowest BCUT2D eigenvalue weighted by atomic mass is 9.63. The zero-order valence-electron chi connectivity index (χ0n) is 17.5. The van der Waals surface area contributed by atoms with Gasteiger partial charge in [0.15, 0.2) is 0 Å². The van der Waals surface area contributed by atoms with Gasteiger partial charge in [-0.25, -0.2) is 8.78 Å². The molecule has 2 aliphatic rings. The molecule has 1 aliphatic heterocycles. The van der Waals surface area contributed by atoms with Crippen LogP contribution in [0.5, 0.6) is 0 Å². The summed E-state index contributed by atoms with van der Waals surface area (Å²) >= 11 is 0. The first-order valence-electron chi connectivity index (χ1n) is 10.4. The van der Waals surface area contributed by atoms with Gasteiger partial charge >= 0.3 is 0 Å². The van der Waals surface area contributed by atoms with Crippen molar-refractivity contribution in [2.45, 2.75) is 52.1 Å². The maximum absolute atomic E-state index is 14.3. The third-order valence-electron chi connectivity index (χ3n) is 7.45. The maximum Gasteiger partial charge on any atom is 0.229 e. The number of likely N-dealkylation sites (tertiary alicyclic amines) is 1. The van der Waals surface area contributed by atoms with Crippen molar-refractivity contribution in [2.75, 3.05) is 13.1 Å². The molecule has 0 spiro atoms. The van der Waals surface area contributed by atoms with Crippen molar-refractivity contribution in [3.05, 3.63) is 47.7 Å². The lowest BCUT2D eigenvalue weighted by Gasteiger charge is -2.42. The van der Waals surface area contributed by atoms with E-state index >= 15 is 0 Å². The monoisotopic (exact) mass is 415 g/mol. The molecule has 2 fully saturated rings. The number of nitrogens with zero attached hydrogens (tertiary/aromatic N) is 3. The maximum atomic E-state index is 14.3. The third kappa shape index (κ3) is 3.20. The number of amides is 1. The van der Waals surface area contributed by atoms with Crippen LogP contribution in [0.4, 0.5) is 8.78 Å². The molecular weight excluding hydrogens is 388 g/mol. The predicted octanol–water partition coefficient (Wildman–Crippen LogP) is 3.92. The Morgan fingerprint density at radius 1 is 1.20 bits per heavy atom. The van der Waals surface area contributed by atoms with Crippen LogP contribution in [0.25, 0.3) is 11.3 Å². The molecule has 1 aliphatic carbocycles. The largest absolute Gasteiger partial charge is 0.391 e. The minimum absolute atomic E-state index is 0.0111. The highest BCUT2D eigenvalue weighted by Crippen LogP contribution is 2.60. The smallest absolute Gasteiger partial charge is 0.229 e. The Bertz CT molecular complexity index is 960. The van der Waals surface area contributed by atoms with Crippen molar-refractivity contribution in [3.63, 3.8) is 0 Å². The van der Waals surface area contributed by atoms with Crippen LogP contribution in [-0.2, 0) is 4.79 Å². The van der Waals surface area contributed by atoms with Crippen molar-refractivity contribution in [1.82, 2.24) is 15.1 Å². The first kappa shape index (κ1) is 20.8. The molecule has 160 valence electrons. The molecular formula is C23H27F2N3O2. The van der Waals surface area contributed by atoms with E-state index in [-0.39, 0.29) is 23.1 Å². The second kappa shape index (κ2) is 7.38.